The first-order valence-electron chi connectivity index (χ1n) is 6.61. The molecule has 1 aromatic carbocycles. The molecule has 0 amide bonds. The van der Waals surface area contributed by atoms with E-state index in [2.05, 4.69) is 32.0 Å². The number of hydrogen-bond donors (Lipinski definition) is 1. The molecule has 2 N–H and O–H groups in total. The van der Waals surface area contributed by atoms with Crippen LogP contribution in [0.15, 0.2) is 18.2 Å². The Balaban J connectivity index is 2.33. The van der Waals surface area contributed by atoms with E-state index in [0.717, 1.165) is 11.5 Å². The minimum absolute atomic E-state index is 0.296. The molecule has 0 aliphatic rings. The number of aryl methyl sites for hydroxylation is 2. The molecule has 4 heteroatoms. The highest BCUT2D eigenvalue weighted by molar-refractivity contribution is 7.98. The first-order valence-corrected chi connectivity index (χ1v) is 7.76. The molecule has 0 saturated heterocycles. The third-order valence-corrected chi connectivity index (χ3v) is 4.07. The smallest absolute Gasteiger partial charge is 0.322 e. The second-order valence-corrected chi connectivity index (χ2v) is 5.68. The van der Waals surface area contributed by atoms with Gasteiger partial charge in [0.05, 0.1) is 6.61 Å². The highest BCUT2D eigenvalue weighted by Gasteiger charge is 2.13. The maximum atomic E-state index is 11.4. The maximum Gasteiger partial charge on any atom is 0.322 e. The second-order valence-electron chi connectivity index (χ2n) is 4.57. The summed E-state index contributed by atoms with van der Waals surface area (Å²) >= 11 is 1.81. The monoisotopic (exact) mass is 281 g/mol. The van der Waals surface area contributed by atoms with E-state index in [1.165, 1.54) is 16.7 Å². The van der Waals surface area contributed by atoms with Crippen molar-refractivity contribution in [2.45, 2.75) is 39.0 Å². The number of hydrogen-bond acceptors (Lipinski definition) is 4. The zero-order valence-corrected chi connectivity index (χ0v) is 12.8. The summed E-state index contributed by atoms with van der Waals surface area (Å²) in [6.45, 7) is 6.45. The number of ether oxygens (including phenoxy) is 1. The van der Waals surface area contributed by atoms with Crippen molar-refractivity contribution >= 4 is 17.7 Å². The van der Waals surface area contributed by atoms with Gasteiger partial charge in [0.2, 0.25) is 0 Å². The van der Waals surface area contributed by atoms with Gasteiger partial charge in [-0.1, -0.05) is 18.2 Å². The summed E-state index contributed by atoms with van der Waals surface area (Å²) in [6.07, 6.45) is 0.661. The van der Waals surface area contributed by atoms with E-state index in [9.17, 15) is 4.79 Å². The summed E-state index contributed by atoms with van der Waals surface area (Å²) in [6, 6.07) is 5.85. The fraction of sp³-hybridized carbons (Fsp3) is 0.533. The minimum atomic E-state index is -0.495. The summed E-state index contributed by atoms with van der Waals surface area (Å²) in [5, 5.41) is 0. The Morgan fingerprint density at radius 1 is 1.37 bits per heavy atom. The molecular weight excluding hydrogens is 258 g/mol. The topological polar surface area (TPSA) is 52.3 Å². The molecule has 0 aromatic heterocycles. The van der Waals surface area contributed by atoms with Crippen molar-refractivity contribution < 1.29 is 9.53 Å². The van der Waals surface area contributed by atoms with E-state index in [1.54, 1.807) is 6.92 Å². The lowest BCUT2D eigenvalue weighted by Crippen LogP contribution is -2.32. The highest BCUT2D eigenvalue weighted by atomic mass is 32.2. The van der Waals surface area contributed by atoms with Crippen LogP contribution in [0.25, 0.3) is 0 Å². The van der Waals surface area contributed by atoms with Crippen molar-refractivity contribution in [1.82, 2.24) is 0 Å². The molecule has 0 aliphatic heterocycles. The zero-order valence-electron chi connectivity index (χ0n) is 11.9. The number of carbonyl (C=O) groups excluding carboxylic acids is 1. The van der Waals surface area contributed by atoms with Gasteiger partial charge < -0.3 is 10.5 Å². The Hall–Kier alpha value is -1.00. The van der Waals surface area contributed by atoms with Crippen LogP contribution < -0.4 is 5.73 Å². The number of esters is 1. The molecule has 1 atom stereocenters. The lowest BCUT2D eigenvalue weighted by molar-refractivity contribution is -0.144. The van der Waals surface area contributed by atoms with Gasteiger partial charge in [0.15, 0.2) is 0 Å². The average Bonchev–Trinajstić information content (AvgIpc) is 2.37. The first-order chi connectivity index (χ1) is 9.06. The van der Waals surface area contributed by atoms with Gasteiger partial charge in [-0.3, -0.25) is 4.79 Å². The summed E-state index contributed by atoms with van der Waals surface area (Å²) < 4.78 is 4.88. The standard InChI is InChI=1S/C15H23NO2S/c1-4-18-15(17)14(16)8-9-19-10-13-11(2)6-5-7-12(13)3/h5-7,14H,4,8-10,16H2,1-3H3. The van der Waals surface area contributed by atoms with Crippen LogP contribution in [0.3, 0.4) is 0 Å². The maximum absolute atomic E-state index is 11.4. The van der Waals surface area contributed by atoms with E-state index >= 15 is 0 Å². The molecule has 1 unspecified atom stereocenters. The van der Waals surface area contributed by atoms with Crippen LogP contribution in [0, 0.1) is 13.8 Å². The molecule has 0 spiro atoms. The van der Waals surface area contributed by atoms with E-state index < -0.39 is 6.04 Å². The van der Waals surface area contributed by atoms with Gasteiger partial charge in [-0.25, -0.2) is 0 Å². The molecular formula is C15H23NO2S. The fourth-order valence-electron chi connectivity index (χ4n) is 1.83. The normalized spacial score (nSPS) is 12.2. The van der Waals surface area contributed by atoms with Crippen molar-refractivity contribution in [2.24, 2.45) is 5.73 Å². The quantitative estimate of drug-likeness (QED) is 0.617. The number of thioether (sulfide) groups is 1. The predicted octanol–water partition coefficient (Wildman–Crippen LogP) is 2.82. The van der Waals surface area contributed by atoms with Gasteiger partial charge >= 0.3 is 5.97 Å². The van der Waals surface area contributed by atoms with Crippen molar-refractivity contribution in [2.75, 3.05) is 12.4 Å². The largest absolute Gasteiger partial charge is 0.465 e. The van der Waals surface area contributed by atoms with E-state index in [1.807, 2.05) is 11.8 Å². The van der Waals surface area contributed by atoms with Gasteiger partial charge in [-0.15, -0.1) is 0 Å². The third-order valence-electron chi connectivity index (χ3n) is 3.05. The fourth-order valence-corrected chi connectivity index (χ4v) is 3.05. The molecule has 1 rings (SSSR count). The van der Waals surface area contributed by atoms with Gasteiger partial charge in [0, 0.05) is 5.75 Å². The van der Waals surface area contributed by atoms with Crippen LogP contribution in [0.1, 0.15) is 30.0 Å². The molecule has 0 heterocycles. The van der Waals surface area contributed by atoms with E-state index in [4.69, 9.17) is 10.5 Å². The second kappa shape index (κ2) is 8.23. The van der Waals surface area contributed by atoms with Crippen LogP contribution in [0.4, 0.5) is 0 Å². The zero-order chi connectivity index (χ0) is 14.3. The van der Waals surface area contributed by atoms with Gasteiger partial charge in [-0.05, 0) is 49.6 Å². The van der Waals surface area contributed by atoms with Crippen LogP contribution in [0.2, 0.25) is 0 Å². The molecule has 1 aromatic rings. The number of nitrogens with two attached hydrogens (primary N) is 1. The predicted molar refractivity (Wildman–Crippen MR) is 81.3 cm³/mol. The average molecular weight is 281 g/mol. The Labute approximate surface area is 119 Å². The summed E-state index contributed by atoms with van der Waals surface area (Å²) in [5.74, 6) is 1.54. The SMILES string of the molecule is CCOC(=O)C(N)CCSCc1c(C)cccc1C. The summed E-state index contributed by atoms with van der Waals surface area (Å²) in [5.41, 5.74) is 9.78. The molecule has 106 valence electrons. The lowest BCUT2D eigenvalue weighted by atomic mass is 10.1. The molecule has 0 bridgehead atoms. The van der Waals surface area contributed by atoms with E-state index in [0.29, 0.717) is 13.0 Å². The Morgan fingerprint density at radius 3 is 2.58 bits per heavy atom. The van der Waals surface area contributed by atoms with Crippen LogP contribution in [-0.2, 0) is 15.3 Å². The molecule has 0 radical (unpaired) electrons. The van der Waals surface area contributed by atoms with Gasteiger partial charge in [-0.2, -0.15) is 11.8 Å². The number of rotatable bonds is 7. The van der Waals surface area contributed by atoms with Crippen molar-refractivity contribution in [3.63, 3.8) is 0 Å². The molecule has 0 fully saturated rings. The molecule has 0 aliphatic carbocycles. The molecule has 0 saturated carbocycles. The highest BCUT2D eigenvalue weighted by Crippen LogP contribution is 2.20. The van der Waals surface area contributed by atoms with Crippen molar-refractivity contribution in [3.05, 3.63) is 34.9 Å². The van der Waals surface area contributed by atoms with Crippen LogP contribution in [-0.4, -0.2) is 24.4 Å². The van der Waals surface area contributed by atoms with Crippen LogP contribution >= 0.6 is 11.8 Å². The number of carbonyl (C=O) groups is 1. The van der Waals surface area contributed by atoms with Crippen molar-refractivity contribution in [3.8, 4) is 0 Å². The van der Waals surface area contributed by atoms with E-state index in [-0.39, 0.29) is 5.97 Å². The Kier molecular flexibility index (Phi) is 6.95. The summed E-state index contributed by atoms with van der Waals surface area (Å²) in [7, 11) is 0. The Bertz CT molecular complexity index is 400. The van der Waals surface area contributed by atoms with Gasteiger partial charge in [0.25, 0.3) is 0 Å². The lowest BCUT2D eigenvalue weighted by Gasteiger charge is -2.11. The molecule has 19 heavy (non-hydrogen) atoms. The van der Waals surface area contributed by atoms with Gasteiger partial charge in [0.1, 0.15) is 6.04 Å². The first kappa shape index (κ1) is 16.1. The number of benzene rings is 1. The summed E-state index contributed by atoms with van der Waals surface area (Å²) in [4.78, 5) is 11.4. The third kappa shape index (κ3) is 5.25. The molecule has 3 nitrogen and oxygen atoms in total. The van der Waals surface area contributed by atoms with Crippen LogP contribution in [0.5, 0.6) is 0 Å². The minimum Gasteiger partial charge on any atom is -0.465 e. The van der Waals surface area contributed by atoms with Crippen molar-refractivity contribution in [1.29, 1.82) is 0 Å². The Morgan fingerprint density at radius 2 is 2.00 bits per heavy atom.